The number of hydrogen-bond donors (Lipinski definition) is 0. The van der Waals surface area contributed by atoms with Gasteiger partial charge in [-0.25, -0.2) is 4.39 Å². The lowest BCUT2D eigenvalue weighted by Crippen LogP contribution is -2.35. The normalized spacial score (nSPS) is 12.0. The summed E-state index contributed by atoms with van der Waals surface area (Å²) in [6.45, 7) is 0.529. The van der Waals surface area contributed by atoms with Crippen LogP contribution in [0.15, 0.2) is 42.5 Å². The van der Waals surface area contributed by atoms with Crippen LogP contribution in [0.2, 0.25) is 0 Å². The highest BCUT2D eigenvalue weighted by atomic mass is 19.1. The van der Waals surface area contributed by atoms with Gasteiger partial charge in [0, 0.05) is 18.3 Å². The van der Waals surface area contributed by atoms with Crippen LogP contribution in [0.1, 0.15) is 12.0 Å². The largest absolute Gasteiger partial charge is 0.486 e. The van der Waals surface area contributed by atoms with Crippen molar-refractivity contribution < 1.29 is 28.2 Å². The number of nitrogens with zero attached hydrogens (tertiary/aromatic N) is 2. The average Bonchev–Trinajstić information content (AvgIpc) is 2.74. The average molecular weight is 398 g/mol. The molecule has 0 atom stereocenters. The summed E-state index contributed by atoms with van der Waals surface area (Å²) < 4.78 is 29.0. The quantitative estimate of drug-likeness (QED) is 0.666. The Morgan fingerprint density at radius 3 is 2.55 bits per heavy atom. The third-order valence-corrected chi connectivity index (χ3v) is 4.20. The molecule has 8 heteroatoms. The van der Waals surface area contributed by atoms with Gasteiger partial charge in [-0.05, 0) is 29.8 Å². The van der Waals surface area contributed by atoms with Gasteiger partial charge in [0.2, 0.25) is 0 Å². The van der Waals surface area contributed by atoms with E-state index in [1.807, 2.05) is 6.07 Å². The van der Waals surface area contributed by atoms with Crippen LogP contribution >= 0.6 is 0 Å². The van der Waals surface area contributed by atoms with Gasteiger partial charge in [-0.2, -0.15) is 5.26 Å². The second kappa shape index (κ2) is 9.55. The number of rotatable bonds is 7. The van der Waals surface area contributed by atoms with Crippen molar-refractivity contribution in [3.05, 3.63) is 53.8 Å². The van der Waals surface area contributed by atoms with Gasteiger partial charge >= 0.3 is 5.97 Å². The molecule has 0 aliphatic carbocycles. The zero-order chi connectivity index (χ0) is 20.6. The van der Waals surface area contributed by atoms with Gasteiger partial charge in [0.25, 0.3) is 5.91 Å². The number of halogens is 1. The third-order valence-electron chi connectivity index (χ3n) is 4.20. The van der Waals surface area contributed by atoms with Crippen LogP contribution in [0.25, 0.3) is 0 Å². The molecular weight excluding hydrogens is 379 g/mol. The highest BCUT2D eigenvalue weighted by Gasteiger charge is 2.20. The first-order valence-corrected chi connectivity index (χ1v) is 9.04. The zero-order valence-corrected chi connectivity index (χ0v) is 15.6. The van der Waals surface area contributed by atoms with E-state index < -0.39 is 24.3 Å². The van der Waals surface area contributed by atoms with E-state index in [4.69, 9.17) is 19.5 Å². The lowest BCUT2D eigenvalue weighted by atomic mass is 10.1. The molecule has 1 amide bonds. The maximum atomic E-state index is 12.9. The van der Waals surface area contributed by atoms with Crippen molar-refractivity contribution in [1.82, 2.24) is 0 Å². The second-order valence-corrected chi connectivity index (χ2v) is 6.25. The van der Waals surface area contributed by atoms with Crippen molar-refractivity contribution in [3.63, 3.8) is 0 Å². The number of esters is 1. The molecule has 3 rings (SSSR count). The van der Waals surface area contributed by atoms with E-state index in [1.165, 1.54) is 29.2 Å². The molecule has 150 valence electrons. The lowest BCUT2D eigenvalue weighted by molar-refractivity contribution is -0.147. The zero-order valence-electron chi connectivity index (χ0n) is 15.6. The number of ether oxygens (including phenoxy) is 3. The molecule has 0 bridgehead atoms. The van der Waals surface area contributed by atoms with Crippen LogP contribution in [0.4, 0.5) is 10.1 Å². The Kier molecular flexibility index (Phi) is 6.63. The smallest absolute Gasteiger partial charge is 0.310 e. The van der Waals surface area contributed by atoms with Gasteiger partial charge in [0.05, 0.1) is 18.9 Å². The third kappa shape index (κ3) is 5.45. The van der Waals surface area contributed by atoms with E-state index in [9.17, 15) is 14.0 Å². The Balaban J connectivity index is 1.63. The van der Waals surface area contributed by atoms with Crippen molar-refractivity contribution in [3.8, 4) is 17.6 Å². The van der Waals surface area contributed by atoms with Gasteiger partial charge in [-0.15, -0.1) is 0 Å². The highest BCUT2D eigenvalue weighted by Crippen LogP contribution is 2.34. The molecule has 0 unspecified atom stereocenters. The van der Waals surface area contributed by atoms with Crippen molar-refractivity contribution >= 4 is 17.6 Å². The summed E-state index contributed by atoms with van der Waals surface area (Å²) in [7, 11) is 0. The standard InChI is InChI=1S/C21H19FN2O5/c22-16-4-2-15(3-5-16)12-21(26)29-14-20(25)24(9-1-8-23)17-6-7-18-19(13-17)28-11-10-27-18/h2-7,13H,1,9-12,14H2. The van der Waals surface area contributed by atoms with Crippen molar-refractivity contribution in [2.24, 2.45) is 0 Å². The topological polar surface area (TPSA) is 88.9 Å². The fourth-order valence-corrected chi connectivity index (χ4v) is 2.80. The molecule has 2 aromatic rings. The van der Waals surface area contributed by atoms with E-state index in [-0.39, 0.29) is 19.4 Å². The van der Waals surface area contributed by atoms with Crippen molar-refractivity contribution in [2.45, 2.75) is 12.8 Å². The van der Waals surface area contributed by atoms with Crippen LogP contribution in [-0.2, 0) is 20.7 Å². The first kappa shape index (κ1) is 20.1. The van der Waals surface area contributed by atoms with E-state index in [0.29, 0.717) is 36.0 Å². The molecule has 7 nitrogen and oxygen atoms in total. The Bertz CT molecular complexity index is 924. The fourth-order valence-electron chi connectivity index (χ4n) is 2.80. The molecule has 0 fully saturated rings. The second-order valence-electron chi connectivity index (χ2n) is 6.25. The number of anilines is 1. The molecule has 0 saturated heterocycles. The SMILES string of the molecule is N#CCCN(C(=O)COC(=O)Cc1ccc(F)cc1)c1ccc2c(c1)OCCO2. The summed E-state index contributed by atoms with van der Waals surface area (Å²) in [5.74, 6) is -0.378. The van der Waals surface area contributed by atoms with Crippen LogP contribution in [-0.4, -0.2) is 38.2 Å². The van der Waals surface area contributed by atoms with Crippen LogP contribution in [0.5, 0.6) is 11.5 Å². The van der Waals surface area contributed by atoms with Crippen LogP contribution in [0.3, 0.4) is 0 Å². The molecule has 1 heterocycles. The van der Waals surface area contributed by atoms with Gasteiger partial charge in [0.1, 0.15) is 19.0 Å². The molecule has 0 aromatic heterocycles. The molecule has 1 aliphatic heterocycles. The maximum Gasteiger partial charge on any atom is 0.310 e. The maximum absolute atomic E-state index is 12.9. The minimum atomic E-state index is -0.604. The van der Waals surface area contributed by atoms with Crippen LogP contribution < -0.4 is 14.4 Å². The predicted molar refractivity (Wildman–Crippen MR) is 101 cm³/mol. The van der Waals surface area contributed by atoms with E-state index in [1.54, 1.807) is 18.2 Å². The van der Waals surface area contributed by atoms with Crippen molar-refractivity contribution in [2.75, 3.05) is 31.3 Å². The number of fused-ring (bicyclic) bond motifs is 1. The first-order valence-electron chi connectivity index (χ1n) is 9.04. The summed E-state index contributed by atoms with van der Waals surface area (Å²) in [5.41, 5.74) is 1.10. The van der Waals surface area contributed by atoms with Crippen molar-refractivity contribution in [1.29, 1.82) is 5.26 Å². The van der Waals surface area contributed by atoms with Gasteiger partial charge in [0.15, 0.2) is 18.1 Å². The number of carbonyl (C=O) groups is 2. The summed E-state index contributed by atoms with van der Waals surface area (Å²) >= 11 is 0. The number of hydrogen-bond acceptors (Lipinski definition) is 6. The number of nitriles is 1. The first-order chi connectivity index (χ1) is 14.1. The van der Waals surface area contributed by atoms with E-state index in [0.717, 1.165) is 0 Å². The highest BCUT2D eigenvalue weighted by molar-refractivity contribution is 5.95. The molecular formula is C21H19FN2O5. The van der Waals surface area contributed by atoms with Gasteiger partial charge < -0.3 is 19.1 Å². The van der Waals surface area contributed by atoms with Crippen LogP contribution in [0, 0.1) is 17.1 Å². The summed E-state index contributed by atoms with van der Waals surface area (Å²) in [6, 6.07) is 12.5. The summed E-state index contributed by atoms with van der Waals surface area (Å²) in [6.07, 6.45) is 0.0412. The molecule has 0 N–H and O–H groups in total. The monoisotopic (exact) mass is 398 g/mol. The summed E-state index contributed by atoms with van der Waals surface area (Å²) in [4.78, 5) is 26.0. The predicted octanol–water partition coefficient (Wildman–Crippen LogP) is 2.63. The van der Waals surface area contributed by atoms with Gasteiger partial charge in [-0.1, -0.05) is 12.1 Å². The van der Waals surface area contributed by atoms with E-state index in [2.05, 4.69) is 0 Å². The fraction of sp³-hybridized carbons (Fsp3) is 0.286. The van der Waals surface area contributed by atoms with Gasteiger partial charge in [-0.3, -0.25) is 9.59 Å². The Morgan fingerprint density at radius 1 is 1.10 bits per heavy atom. The molecule has 29 heavy (non-hydrogen) atoms. The molecule has 0 spiro atoms. The molecule has 0 saturated carbocycles. The number of carbonyl (C=O) groups excluding carboxylic acids is 2. The lowest BCUT2D eigenvalue weighted by Gasteiger charge is -2.24. The molecule has 2 aromatic carbocycles. The number of benzene rings is 2. The van der Waals surface area contributed by atoms with E-state index >= 15 is 0 Å². The number of amides is 1. The Morgan fingerprint density at radius 2 is 1.83 bits per heavy atom. The molecule has 0 radical (unpaired) electrons. The minimum Gasteiger partial charge on any atom is -0.486 e. The Hall–Kier alpha value is -3.60. The summed E-state index contributed by atoms with van der Waals surface area (Å²) in [5, 5.41) is 8.89. The Labute approximate surface area is 167 Å². The minimum absolute atomic E-state index is 0.0736. The molecule has 1 aliphatic rings.